The summed E-state index contributed by atoms with van der Waals surface area (Å²) in [5.41, 5.74) is 2.67. The third-order valence-electron chi connectivity index (χ3n) is 7.01. The van der Waals surface area contributed by atoms with Crippen molar-refractivity contribution in [2.75, 3.05) is 19.8 Å². The van der Waals surface area contributed by atoms with Crippen LogP contribution in [0, 0.1) is 17.8 Å². The Bertz CT molecular complexity index is 898. The zero-order chi connectivity index (χ0) is 22.8. The summed E-state index contributed by atoms with van der Waals surface area (Å²) in [6.45, 7) is 6.78. The number of carbonyl (C=O) groups is 3. The molecule has 2 aliphatic heterocycles. The molecule has 0 bridgehead atoms. The van der Waals surface area contributed by atoms with E-state index in [0.29, 0.717) is 54.4 Å². The number of allylic oxidation sites excluding steroid dienone is 4. The Labute approximate surface area is 189 Å². The normalized spacial score (nSPS) is 30.2. The van der Waals surface area contributed by atoms with Crippen molar-refractivity contribution in [3.8, 4) is 0 Å². The first kappa shape index (κ1) is 22.8. The van der Waals surface area contributed by atoms with Crippen molar-refractivity contribution in [3.05, 3.63) is 34.4 Å². The molecule has 0 spiro atoms. The van der Waals surface area contributed by atoms with Crippen LogP contribution < -0.4 is 5.32 Å². The third kappa shape index (κ3) is 4.27. The molecule has 0 aromatic heterocycles. The van der Waals surface area contributed by atoms with E-state index in [1.807, 2.05) is 6.92 Å². The lowest BCUT2D eigenvalue weighted by atomic mass is 9.69. The number of ether oxygens (including phenoxy) is 3. The number of rotatable bonds is 6. The van der Waals surface area contributed by atoms with Gasteiger partial charge in [-0.05, 0) is 51.9 Å². The first-order valence-corrected chi connectivity index (χ1v) is 11.8. The maximum atomic E-state index is 13.7. The molecule has 174 valence electrons. The van der Waals surface area contributed by atoms with Crippen molar-refractivity contribution < 1.29 is 28.6 Å². The monoisotopic (exact) mass is 443 g/mol. The van der Waals surface area contributed by atoms with Crippen molar-refractivity contribution >= 4 is 17.5 Å². The van der Waals surface area contributed by atoms with Gasteiger partial charge in [-0.25, -0.2) is 4.79 Å². The molecule has 2 heterocycles. The molecule has 0 aromatic rings. The van der Waals surface area contributed by atoms with Gasteiger partial charge in [0.05, 0.1) is 30.3 Å². The fourth-order valence-electron chi connectivity index (χ4n) is 5.42. The van der Waals surface area contributed by atoms with Gasteiger partial charge in [0.15, 0.2) is 11.6 Å². The Kier molecular flexibility index (Phi) is 6.84. The summed E-state index contributed by atoms with van der Waals surface area (Å²) in [6.07, 6.45) is 5.93. The molecule has 4 unspecified atom stereocenters. The second kappa shape index (κ2) is 9.61. The van der Waals surface area contributed by atoms with Crippen molar-refractivity contribution in [3.63, 3.8) is 0 Å². The fraction of sp³-hybridized carbons (Fsp3) is 0.640. The minimum Gasteiger partial charge on any atom is -0.497 e. The van der Waals surface area contributed by atoms with E-state index < -0.39 is 11.9 Å². The van der Waals surface area contributed by atoms with Crippen LogP contribution in [0.15, 0.2) is 34.4 Å². The van der Waals surface area contributed by atoms with Gasteiger partial charge in [0.25, 0.3) is 0 Å². The summed E-state index contributed by atoms with van der Waals surface area (Å²) >= 11 is 0. The highest BCUT2D eigenvalue weighted by Crippen LogP contribution is 2.45. The van der Waals surface area contributed by atoms with Crippen LogP contribution >= 0.6 is 0 Å². The Morgan fingerprint density at radius 2 is 2.03 bits per heavy atom. The van der Waals surface area contributed by atoms with Crippen LogP contribution in [-0.4, -0.2) is 43.5 Å². The Morgan fingerprint density at radius 1 is 1.22 bits per heavy atom. The zero-order valence-electron chi connectivity index (χ0n) is 19.2. The average Bonchev–Trinajstić information content (AvgIpc) is 2.76. The lowest BCUT2D eigenvalue weighted by Crippen LogP contribution is -2.44. The molecular formula is C25H33NO6. The number of hydrogen-bond acceptors (Lipinski definition) is 7. The van der Waals surface area contributed by atoms with Gasteiger partial charge in [-0.2, -0.15) is 0 Å². The van der Waals surface area contributed by atoms with Crippen LogP contribution in [-0.2, 0) is 28.6 Å². The maximum Gasteiger partial charge on any atom is 0.336 e. The van der Waals surface area contributed by atoms with E-state index >= 15 is 0 Å². The molecule has 4 atom stereocenters. The highest BCUT2D eigenvalue weighted by atomic mass is 16.6. The molecule has 0 radical (unpaired) electrons. The number of carbonyl (C=O) groups excluding carboxylic acids is 3. The van der Waals surface area contributed by atoms with Crippen LogP contribution in [0.2, 0.25) is 0 Å². The van der Waals surface area contributed by atoms with Gasteiger partial charge in [-0.15, -0.1) is 0 Å². The third-order valence-corrected chi connectivity index (χ3v) is 7.01. The fourth-order valence-corrected chi connectivity index (χ4v) is 5.42. The Hall–Kier alpha value is -2.41. The SMILES string of the molecule is CCOCCOC(=O)C1=C(C)NC2=C(C(=O)CCC2)C1C1=COC2CCC(C)CC2C1=O. The summed E-state index contributed by atoms with van der Waals surface area (Å²) in [5.74, 6) is -1.09. The summed E-state index contributed by atoms with van der Waals surface area (Å²) in [7, 11) is 0. The maximum absolute atomic E-state index is 13.7. The van der Waals surface area contributed by atoms with Gasteiger partial charge in [-0.3, -0.25) is 9.59 Å². The zero-order valence-corrected chi connectivity index (χ0v) is 19.2. The van der Waals surface area contributed by atoms with Crippen LogP contribution in [0.4, 0.5) is 0 Å². The number of nitrogens with one attached hydrogen (secondary N) is 1. The molecule has 1 N–H and O–H groups in total. The van der Waals surface area contributed by atoms with Crippen molar-refractivity contribution in [1.29, 1.82) is 0 Å². The first-order valence-electron chi connectivity index (χ1n) is 11.8. The number of hydrogen-bond donors (Lipinski definition) is 1. The predicted octanol–water partition coefficient (Wildman–Crippen LogP) is 3.35. The number of fused-ring (bicyclic) bond motifs is 1. The summed E-state index contributed by atoms with van der Waals surface area (Å²) in [6, 6.07) is 0. The van der Waals surface area contributed by atoms with E-state index in [0.717, 1.165) is 31.4 Å². The van der Waals surface area contributed by atoms with E-state index in [4.69, 9.17) is 14.2 Å². The molecule has 2 aliphatic carbocycles. The van der Waals surface area contributed by atoms with Gasteiger partial charge < -0.3 is 19.5 Å². The largest absolute Gasteiger partial charge is 0.497 e. The predicted molar refractivity (Wildman–Crippen MR) is 117 cm³/mol. The second-order valence-electron chi connectivity index (χ2n) is 9.24. The van der Waals surface area contributed by atoms with Crippen LogP contribution in [0.1, 0.15) is 59.3 Å². The first-order chi connectivity index (χ1) is 15.4. The van der Waals surface area contributed by atoms with Crippen LogP contribution in [0.5, 0.6) is 0 Å². The highest BCUT2D eigenvalue weighted by Gasteiger charge is 2.47. The van der Waals surface area contributed by atoms with E-state index in [9.17, 15) is 14.4 Å². The molecule has 4 rings (SSSR count). The van der Waals surface area contributed by atoms with Gasteiger partial charge in [-0.1, -0.05) is 6.92 Å². The van der Waals surface area contributed by atoms with E-state index in [-0.39, 0.29) is 30.2 Å². The summed E-state index contributed by atoms with van der Waals surface area (Å²) in [4.78, 5) is 39.8. The molecule has 0 aromatic carbocycles. The standard InChI is InChI=1S/C25H33NO6/c1-4-30-10-11-31-25(29)21-15(3)26-18-6-5-7-19(27)23(18)22(21)17-13-32-20-9-8-14(2)12-16(20)24(17)28/h13-14,16,20,22,26H,4-12H2,1-3H3. The molecule has 32 heavy (non-hydrogen) atoms. The van der Waals surface area contributed by atoms with Crippen molar-refractivity contribution in [2.45, 2.75) is 65.4 Å². The lowest BCUT2D eigenvalue weighted by Gasteiger charge is -2.40. The molecule has 1 fully saturated rings. The average molecular weight is 444 g/mol. The van der Waals surface area contributed by atoms with E-state index in [2.05, 4.69) is 12.2 Å². The quantitative estimate of drug-likeness (QED) is 0.497. The lowest BCUT2D eigenvalue weighted by molar-refractivity contribution is -0.141. The van der Waals surface area contributed by atoms with Crippen molar-refractivity contribution in [2.24, 2.45) is 17.8 Å². The molecule has 7 heteroatoms. The van der Waals surface area contributed by atoms with Crippen LogP contribution in [0.25, 0.3) is 0 Å². The van der Waals surface area contributed by atoms with Crippen LogP contribution in [0.3, 0.4) is 0 Å². The molecule has 7 nitrogen and oxygen atoms in total. The van der Waals surface area contributed by atoms with Gasteiger partial charge >= 0.3 is 5.97 Å². The van der Waals surface area contributed by atoms with E-state index in [1.165, 1.54) is 6.26 Å². The highest BCUT2D eigenvalue weighted by molar-refractivity contribution is 6.08. The Balaban J connectivity index is 1.70. The molecule has 4 aliphatic rings. The van der Waals surface area contributed by atoms with Gasteiger partial charge in [0.1, 0.15) is 12.7 Å². The number of esters is 1. The minimum absolute atomic E-state index is 0.00246. The molecule has 0 amide bonds. The van der Waals surface area contributed by atoms with Crippen molar-refractivity contribution in [1.82, 2.24) is 5.32 Å². The number of dihydropyridines is 1. The Morgan fingerprint density at radius 3 is 2.81 bits per heavy atom. The molecule has 0 saturated heterocycles. The molecule has 1 saturated carbocycles. The summed E-state index contributed by atoms with van der Waals surface area (Å²) < 4.78 is 16.8. The number of Topliss-reactive ketones (excluding diaryl/α,β-unsaturated/α-hetero) is 2. The topological polar surface area (TPSA) is 90.9 Å². The minimum atomic E-state index is -0.746. The smallest absolute Gasteiger partial charge is 0.336 e. The second-order valence-corrected chi connectivity index (χ2v) is 9.24. The molecular weight excluding hydrogens is 410 g/mol. The summed E-state index contributed by atoms with van der Waals surface area (Å²) in [5, 5.41) is 3.26. The van der Waals surface area contributed by atoms with E-state index in [1.54, 1.807) is 6.92 Å². The number of ketones is 2. The van der Waals surface area contributed by atoms with Gasteiger partial charge in [0, 0.05) is 35.6 Å². The van der Waals surface area contributed by atoms with Gasteiger partial charge in [0.2, 0.25) is 0 Å².